The van der Waals surface area contributed by atoms with Gasteiger partial charge < -0.3 is 9.84 Å². The summed E-state index contributed by atoms with van der Waals surface area (Å²) >= 11 is 1.40. The molecule has 4 rings (SSSR count). The molecule has 0 bridgehead atoms. The molecule has 0 radical (unpaired) electrons. The predicted octanol–water partition coefficient (Wildman–Crippen LogP) is 4.96. The van der Waals surface area contributed by atoms with E-state index in [1.807, 2.05) is 60.7 Å². The van der Waals surface area contributed by atoms with Gasteiger partial charge in [-0.05, 0) is 41.3 Å². The lowest BCUT2D eigenvalue weighted by molar-refractivity contribution is -0.141. The molecule has 1 aliphatic heterocycles. The number of benzene rings is 2. The van der Waals surface area contributed by atoms with E-state index in [-0.39, 0.29) is 17.9 Å². The van der Waals surface area contributed by atoms with Crippen molar-refractivity contribution in [1.82, 2.24) is 4.31 Å². The highest BCUT2D eigenvalue weighted by Gasteiger charge is 2.42. The van der Waals surface area contributed by atoms with Gasteiger partial charge in [-0.25, -0.2) is 8.42 Å². The van der Waals surface area contributed by atoms with Crippen molar-refractivity contribution in [3.63, 3.8) is 0 Å². The van der Waals surface area contributed by atoms with Gasteiger partial charge in [0.15, 0.2) is 0 Å². The van der Waals surface area contributed by atoms with Crippen LogP contribution in [0, 0.1) is 0 Å². The zero-order valence-electron chi connectivity index (χ0n) is 17.7. The van der Waals surface area contributed by atoms with E-state index < -0.39 is 22.0 Å². The Morgan fingerprint density at radius 2 is 1.72 bits per heavy atom. The van der Waals surface area contributed by atoms with Gasteiger partial charge in [-0.3, -0.25) is 4.79 Å². The number of carboxylic acids is 1. The van der Waals surface area contributed by atoms with Crippen molar-refractivity contribution in [2.75, 3.05) is 7.11 Å². The van der Waals surface area contributed by atoms with Gasteiger partial charge in [0.1, 0.15) is 11.8 Å². The van der Waals surface area contributed by atoms with Gasteiger partial charge in [-0.1, -0.05) is 55.5 Å². The molecule has 0 aliphatic carbocycles. The van der Waals surface area contributed by atoms with Crippen molar-refractivity contribution in [1.29, 1.82) is 0 Å². The van der Waals surface area contributed by atoms with E-state index in [4.69, 9.17) is 4.74 Å². The zero-order valence-corrected chi connectivity index (χ0v) is 19.3. The molecule has 2 aromatic carbocycles. The van der Waals surface area contributed by atoms with Gasteiger partial charge >= 0.3 is 5.97 Å². The van der Waals surface area contributed by atoms with Crippen LogP contribution >= 0.6 is 11.3 Å². The summed E-state index contributed by atoms with van der Waals surface area (Å²) in [4.78, 5) is 13.2. The van der Waals surface area contributed by atoms with Crippen LogP contribution in [0.4, 0.5) is 0 Å². The molecule has 32 heavy (non-hydrogen) atoms. The number of carbonyl (C=O) groups is 1. The minimum Gasteiger partial charge on any atom is -0.497 e. The van der Waals surface area contributed by atoms with E-state index in [0.717, 1.165) is 31.6 Å². The maximum atomic E-state index is 12.9. The topological polar surface area (TPSA) is 83.9 Å². The summed E-state index contributed by atoms with van der Waals surface area (Å²) in [7, 11) is -2.16. The van der Waals surface area contributed by atoms with Crippen LogP contribution in [-0.4, -0.2) is 37.0 Å². The van der Waals surface area contributed by atoms with E-state index >= 15 is 0 Å². The van der Waals surface area contributed by atoms with Crippen LogP contribution in [-0.2, 0) is 21.4 Å². The molecule has 6 nitrogen and oxygen atoms in total. The fourth-order valence-electron chi connectivity index (χ4n) is 3.68. The summed E-state index contributed by atoms with van der Waals surface area (Å²) in [5, 5.41) is 9.37. The summed E-state index contributed by atoms with van der Waals surface area (Å²) in [6, 6.07) is 16.3. The highest BCUT2D eigenvalue weighted by Crippen LogP contribution is 2.42. The minimum atomic E-state index is -3.80. The summed E-state index contributed by atoms with van der Waals surface area (Å²) < 4.78 is 32.1. The molecule has 0 saturated heterocycles. The number of carboxylic acid groups (broad SMARTS) is 1. The average molecular weight is 470 g/mol. The molecule has 1 unspecified atom stereocenters. The fourth-order valence-corrected chi connectivity index (χ4v) is 7.08. The lowest BCUT2D eigenvalue weighted by Gasteiger charge is -2.21. The Morgan fingerprint density at radius 1 is 1.12 bits per heavy atom. The molecule has 8 heteroatoms. The molecule has 0 fully saturated rings. The highest BCUT2D eigenvalue weighted by atomic mass is 32.2. The third-order valence-corrected chi connectivity index (χ3v) is 8.67. The second kappa shape index (κ2) is 8.90. The normalized spacial score (nSPS) is 16.2. The fraction of sp³-hybridized carbons (Fsp3) is 0.208. The van der Waals surface area contributed by atoms with E-state index in [1.165, 1.54) is 11.3 Å². The Morgan fingerprint density at radius 3 is 2.22 bits per heavy atom. The summed E-state index contributed by atoms with van der Waals surface area (Å²) in [5.74, 6) is -0.308. The molecule has 2 heterocycles. The monoisotopic (exact) mass is 469 g/mol. The van der Waals surface area contributed by atoms with Gasteiger partial charge in [-0.15, -0.1) is 11.3 Å². The molecular weight excluding hydrogens is 446 g/mol. The first-order chi connectivity index (χ1) is 15.3. The van der Waals surface area contributed by atoms with Crippen molar-refractivity contribution >= 4 is 39.5 Å². The summed E-state index contributed by atoms with van der Waals surface area (Å²) in [5.41, 5.74) is 3.02. The third kappa shape index (κ3) is 4.21. The predicted molar refractivity (Wildman–Crippen MR) is 126 cm³/mol. The minimum absolute atomic E-state index is 0.107. The zero-order chi connectivity index (χ0) is 22.9. The smallest absolute Gasteiger partial charge is 0.322 e. The Kier molecular flexibility index (Phi) is 6.19. The Bertz CT molecular complexity index is 1260. The molecule has 0 amide bonds. The number of fused-ring (bicyclic) bond motifs is 1. The van der Waals surface area contributed by atoms with Crippen molar-refractivity contribution in [2.24, 2.45) is 0 Å². The number of nitrogens with zero attached hydrogens (tertiary/aromatic N) is 1. The van der Waals surface area contributed by atoms with Gasteiger partial charge in [0.2, 0.25) is 10.0 Å². The standard InChI is InChI=1S/C24H23NO5S2/c1-3-20(24(26)27)25-15-22-23(32(25,28)29)14-21(31-22)18-10-6-16(7-11-18)4-5-17-8-12-19(30-2)13-9-17/h4-14,20H,3,15H2,1-2H3,(H,26,27)/b5-4+. The number of ether oxygens (including phenoxy) is 1. The Labute approximate surface area is 191 Å². The van der Waals surface area contributed by atoms with Crippen molar-refractivity contribution in [2.45, 2.75) is 30.8 Å². The quantitative estimate of drug-likeness (QED) is 0.495. The number of aliphatic carboxylic acids is 1. The lowest BCUT2D eigenvalue weighted by Crippen LogP contribution is -2.40. The first-order valence-electron chi connectivity index (χ1n) is 10.1. The molecule has 1 atom stereocenters. The average Bonchev–Trinajstić information content (AvgIpc) is 3.32. The van der Waals surface area contributed by atoms with Crippen LogP contribution in [0.1, 0.15) is 29.3 Å². The van der Waals surface area contributed by atoms with Gasteiger partial charge in [-0.2, -0.15) is 4.31 Å². The molecule has 166 valence electrons. The maximum absolute atomic E-state index is 12.9. The Hall–Kier alpha value is -2.94. The highest BCUT2D eigenvalue weighted by molar-refractivity contribution is 7.89. The van der Waals surface area contributed by atoms with Gasteiger partial charge in [0.25, 0.3) is 0 Å². The van der Waals surface area contributed by atoms with E-state index in [9.17, 15) is 18.3 Å². The summed E-state index contributed by atoms with van der Waals surface area (Å²) in [6.07, 6.45) is 4.25. The summed E-state index contributed by atoms with van der Waals surface area (Å²) in [6.45, 7) is 1.78. The Balaban J connectivity index is 1.52. The van der Waals surface area contributed by atoms with Crippen LogP contribution in [0.5, 0.6) is 5.75 Å². The number of methoxy groups -OCH3 is 1. The first-order valence-corrected chi connectivity index (χ1v) is 12.4. The molecule has 1 aliphatic rings. The van der Waals surface area contributed by atoms with Gasteiger partial charge in [0.05, 0.1) is 18.6 Å². The number of thiophene rings is 1. The molecular formula is C24H23NO5S2. The number of rotatable bonds is 7. The number of sulfonamides is 1. The van der Waals surface area contributed by atoms with Crippen LogP contribution in [0.2, 0.25) is 0 Å². The molecule has 1 N–H and O–H groups in total. The SMILES string of the molecule is CCC(C(=O)O)N1Cc2sc(-c3ccc(/C=C/c4ccc(OC)cc4)cc3)cc2S1(=O)=O. The molecule has 1 aromatic heterocycles. The van der Waals surface area contributed by atoms with Crippen LogP contribution in [0.25, 0.3) is 22.6 Å². The second-order valence-corrected chi connectivity index (χ2v) is 10.4. The molecule has 3 aromatic rings. The van der Waals surface area contributed by atoms with Crippen LogP contribution < -0.4 is 4.74 Å². The van der Waals surface area contributed by atoms with E-state index in [0.29, 0.717) is 4.88 Å². The lowest BCUT2D eigenvalue weighted by atomic mass is 10.1. The second-order valence-electron chi connectivity index (χ2n) is 7.44. The van der Waals surface area contributed by atoms with E-state index in [2.05, 4.69) is 0 Å². The van der Waals surface area contributed by atoms with Gasteiger partial charge in [0, 0.05) is 9.75 Å². The number of hydrogen-bond acceptors (Lipinski definition) is 5. The third-order valence-electron chi connectivity index (χ3n) is 5.45. The van der Waals surface area contributed by atoms with Crippen LogP contribution in [0.3, 0.4) is 0 Å². The van der Waals surface area contributed by atoms with E-state index in [1.54, 1.807) is 20.1 Å². The number of hydrogen-bond donors (Lipinski definition) is 1. The van der Waals surface area contributed by atoms with Crippen molar-refractivity contribution in [3.05, 3.63) is 70.6 Å². The van der Waals surface area contributed by atoms with Crippen molar-refractivity contribution < 1.29 is 23.1 Å². The largest absolute Gasteiger partial charge is 0.497 e. The molecule has 0 spiro atoms. The van der Waals surface area contributed by atoms with Crippen molar-refractivity contribution in [3.8, 4) is 16.2 Å². The molecule has 0 saturated carbocycles. The first kappa shape index (κ1) is 22.3. The van der Waals surface area contributed by atoms with Crippen LogP contribution in [0.15, 0.2) is 59.5 Å². The maximum Gasteiger partial charge on any atom is 0.322 e.